The van der Waals surface area contributed by atoms with Crippen LogP contribution in [0, 0.1) is 11.8 Å². The van der Waals surface area contributed by atoms with Gasteiger partial charge in [0.05, 0.1) is 6.04 Å². The van der Waals surface area contributed by atoms with Crippen molar-refractivity contribution in [2.24, 2.45) is 11.8 Å². The van der Waals surface area contributed by atoms with E-state index in [0.717, 1.165) is 5.92 Å². The van der Waals surface area contributed by atoms with Gasteiger partial charge in [-0.25, -0.2) is 4.79 Å². The summed E-state index contributed by atoms with van der Waals surface area (Å²) in [7, 11) is 0. The molecule has 2 N–H and O–H groups in total. The summed E-state index contributed by atoms with van der Waals surface area (Å²) in [6.07, 6.45) is 2.43. The third kappa shape index (κ3) is 2.58. The minimum absolute atomic E-state index is 0.00601. The number of hydrogen-bond acceptors (Lipinski definition) is 3. The number of furan rings is 1. The highest BCUT2D eigenvalue weighted by Crippen LogP contribution is 2.32. The maximum atomic E-state index is 10.8. The monoisotopic (exact) mass is 251 g/mol. The Morgan fingerprint density at radius 3 is 2.67 bits per heavy atom. The molecule has 1 fully saturated rings. The number of nitrogens with one attached hydrogen (secondary N) is 1. The topological polar surface area (TPSA) is 62.5 Å². The van der Waals surface area contributed by atoms with Crippen LogP contribution in [0.1, 0.15) is 56.0 Å². The Labute approximate surface area is 107 Å². The van der Waals surface area contributed by atoms with Gasteiger partial charge in [-0.15, -0.1) is 0 Å². The van der Waals surface area contributed by atoms with E-state index in [9.17, 15) is 4.79 Å². The molecule has 1 saturated carbocycles. The lowest BCUT2D eigenvalue weighted by molar-refractivity contribution is 0.0659. The second kappa shape index (κ2) is 5.14. The van der Waals surface area contributed by atoms with Gasteiger partial charge in [-0.05, 0) is 43.7 Å². The first-order chi connectivity index (χ1) is 8.49. The number of rotatable bonds is 4. The average molecular weight is 251 g/mol. The minimum atomic E-state index is -1.02. The van der Waals surface area contributed by atoms with Crippen LogP contribution in [0.15, 0.2) is 16.5 Å². The summed E-state index contributed by atoms with van der Waals surface area (Å²) in [6, 6.07) is 3.80. The van der Waals surface area contributed by atoms with Crippen molar-refractivity contribution in [3.63, 3.8) is 0 Å². The summed E-state index contributed by atoms with van der Waals surface area (Å²) in [5.41, 5.74) is 0. The van der Waals surface area contributed by atoms with Gasteiger partial charge >= 0.3 is 5.97 Å². The fraction of sp³-hybridized carbons (Fsp3) is 0.643. The molecule has 0 aromatic carbocycles. The zero-order valence-corrected chi connectivity index (χ0v) is 11.1. The lowest BCUT2D eigenvalue weighted by atomic mass is 9.97. The molecule has 4 heteroatoms. The molecule has 0 radical (unpaired) electrons. The standard InChI is InChI=1S/C14H21NO3/c1-8-4-5-11(9(8)2)15-10(3)12-6-7-13(18-12)14(16)17/h6-11,15H,4-5H2,1-3H3,(H,16,17). The predicted octanol–water partition coefficient (Wildman–Crippen LogP) is 3.06. The zero-order chi connectivity index (χ0) is 13.3. The fourth-order valence-electron chi connectivity index (χ4n) is 2.70. The summed E-state index contributed by atoms with van der Waals surface area (Å²) in [5, 5.41) is 12.4. The Hall–Kier alpha value is -1.29. The Balaban J connectivity index is 1.99. The van der Waals surface area contributed by atoms with Gasteiger partial charge in [-0.3, -0.25) is 0 Å². The Bertz CT molecular complexity index is 426. The van der Waals surface area contributed by atoms with Gasteiger partial charge in [-0.2, -0.15) is 0 Å². The number of hydrogen-bond donors (Lipinski definition) is 2. The van der Waals surface area contributed by atoms with E-state index in [1.807, 2.05) is 6.92 Å². The van der Waals surface area contributed by atoms with Crippen LogP contribution in [0.25, 0.3) is 0 Å². The van der Waals surface area contributed by atoms with Crippen molar-refractivity contribution in [3.05, 3.63) is 23.7 Å². The third-order valence-electron chi connectivity index (χ3n) is 4.19. The van der Waals surface area contributed by atoms with Gasteiger partial charge < -0.3 is 14.8 Å². The summed E-state index contributed by atoms with van der Waals surface area (Å²) in [4.78, 5) is 10.8. The highest BCUT2D eigenvalue weighted by atomic mass is 16.4. The number of carboxylic acid groups (broad SMARTS) is 1. The smallest absolute Gasteiger partial charge is 0.371 e. The summed E-state index contributed by atoms with van der Waals surface area (Å²) in [6.45, 7) is 6.57. The average Bonchev–Trinajstić information content (AvgIpc) is 2.91. The normalized spacial score (nSPS) is 29.4. The van der Waals surface area contributed by atoms with Crippen LogP contribution in [-0.2, 0) is 0 Å². The predicted molar refractivity (Wildman–Crippen MR) is 68.6 cm³/mol. The van der Waals surface area contributed by atoms with E-state index in [2.05, 4.69) is 19.2 Å². The van der Waals surface area contributed by atoms with Gasteiger partial charge in [0.25, 0.3) is 0 Å². The SMILES string of the molecule is CC(NC1CCC(C)C1C)c1ccc(C(=O)O)o1. The molecule has 0 saturated heterocycles. The quantitative estimate of drug-likeness (QED) is 0.863. The number of carboxylic acids is 1. The van der Waals surface area contributed by atoms with Crippen LogP contribution < -0.4 is 5.32 Å². The maximum absolute atomic E-state index is 10.8. The van der Waals surface area contributed by atoms with Crippen molar-refractivity contribution in [2.75, 3.05) is 0 Å². The van der Waals surface area contributed by atoms with E-state index in [-0.39, 0.29) is 11.8 Å². The van der Waals surface area contributed by atoms with Gasteiger partial charge in [0, 0.05) is 6.04 Å². The molecule has 1 aliphatic rings. The molecule has 2 rings (SSSR count). The van der Waals surface area contributed by atoms with Crippen molar-refractivity contribution >= 4 is 5.97 Å². The summed E-state index contributed by atoms with van der Waals surface area (Å²) < 4.78 is 5.32. The number of aromatic carboxylic acids is 1. The van der Waals surface area contributed by atoms with Crippen LogP contribution in [0.2, 0.25) is 0 Å². The maximum Gasteiger partial charge on any atom is 0.371 e. The Morgan fingerprint density at radius 1 is 1.44 bits per heavy atom. The molecule has 4 unspecified atom stereocenters. The first-order valence-electron chi connectivity index (χ1n) is 6.58. The van der Waals surface area contributed by atoms with Gasteiger partial charge in [-0.1, -0.05) is 13.8 Å². The first kappa shape index (κ1) is 13.1. The third-order valence-corrected chi connectivity index (χ3v) is 4.19. The summed E-state index contributed by atoms with van der Waals surface area (Å²) in [5.74, 6) is 1.09. The van der Waals surface area contributed by atoms with Crippen LogP contribution in [0.3, 0.4) is 0 Å². The molecule has 100 valence electrons. The molecule has 0 bridgehead atoms. The molecule has 0 aliphatic heterocycles. The lowest BCUT2D eigenvalue weighted by Crippen LogP contribution is -2.34. The molecule has 4 atom stereocenters. The Kier molecular flexibility index (Phi) is 3.76. The van der Waals surface area contributed by atoms with Crippen LogP contribution >= 0.6 is 0 Å². The highest BCUT2D eigenvalue weighted by Gasteiger charge is 2.31. The van der Waals surface area contributed by atoms with E-state index >= 15 is 0 Å². The van der Waals surface area contributed by atoms with E-state index in [1.165, 1.54) is 18.9 Å². The van der Waals surface area contributed by atoms with E-state index < -0.39 is 5.97 Å². The fourth-order valence-corrected chi connectivity index (χ4v) is 2.70. The van der Waals surface area contributed by atoms with Crippen molar-refractivity contribution in [2.45, 2.75) is 45.7 Å². The van der Waals surface area contributed by atoms with Gasteiger partial charge in [0.1, 0.15) is 5.76 Å². The van der Waals surface area contributed by atoms with Crippen LogP contribution in [0.4, 0.5) is 0 Å². The van der Waals surface area contributed by atoms with Gasteiger partial charge in [0.15, 0.2) is 0 Å². The molecule has 0 amide bonds. The van der Waals surface area contributed by atoms with Crippen molar-refractivity contribution in [1.82, 2.24) is 5.32 Å². The summed E-state index contributed by atoms with van der Waals surface area (Å²) >= 11 is 0. The molecular formula is C14H21NO3. The molecule has 18 heavy (non-hydrogen) atoms. The zero-order valence-electron chi connectivity index (χ0n) is 11.1. The molecule has 1 aliphatic carbocycles. The highest BCUT2D eigenvalue weighted by molar-refractivity contribution is 5.84. The molecule has 0 spiro atoms. The molecule has 1 aromatic heterocycles. The second-order valence-corrected chi connectivity index (χ2v) is 5.42. The van der Waals surface area contributed by atoms with Crippen molar-refractivity contribution < 1.29 is 14.3 Å². The number of carbonyl (C=O) groups is 1. The van der Waals surface area contributed by atoms with Crippen LogP contribution in [-0.4, -0.2) is 17.1 Å². The lowest BCUT2D eigenvalue weighted by Gasteiger charge is -2.23. The molecule has 1 aromatic rings. The molecule has 4 nitrogen and oxygen atoms in total. The van der Waals surface area contributed by atoms with Crippen LogP contribution in [0.5, 0.6) is 0 Å². The minimum Gasteiger partial charge on any atom is -0.475 e. The van der Waals surface area contributed by atoms with Crippen molar-refractivity contribution in [1.29, 1.82) is 0 Å². The second-order valence-electron chi connectivity index (χ2n) is 5.42. The Morgan fingerprint density at radius 2 is 2.17 bits per heavy atom. The van der Waals surface area contributed by atoms with E-state index in [4.69, 9.17) is 9.52 Å². The first-order valence-corrected chi connectivity index (χ1v) is 6.58. The van der Waals surface area contributed by atoms with Crippen molar-refractivity contribution in [3.8, 4) is 0 Å². The van der Waals surface area contributed by atoms with E-state index in [1.54, 1.807) is 6.07 Å². The van der Waals surface area contributed by atoms with E-state index in [0.29, 0.717) is 17.7 Å². The van der Waals surface area contributed by atoms with Gasteiger partial charge in [0.2, 0.25) is 5.76 Å². The largest absolute Gasteiger partial charge is 0.475 e. The molecule has 1 heterocycles. The molecular weight excluding hydrogens is 230 g/mol.